The first-order valence-corrected chi connectivity index (χ1v) is 5.07. The molecule has 0 bridgehead atoms. The van der Waals surface area contributed by atoms with Crippen LogP contribution >= 0.6 is 22.6 Å². The summed E-state index contributed by atoms with van der Waals surface area (Å²) in [5.41, 5.74) is 1.28. The van der Waals surface area contributed by atoms with Crippen LogP contribution in [0.3, 0.4) is 0 Å². The first-order valence-electron chi connectivity index (χ1n) is 3.99. The third-order valence-corrected chi connectivity index (χ3v) is 3.06. The fourth-order valence-electron chi connectivity index (χ4n) is 1.31. The molecule has 1 saturated heterocycles. The van der Waals surface area contributed by atoms with Crippen molar-refractivity contribution in [3.05, 3.63) is 27.3 Å². The molecule has 12 heavy (non-hydrogen) atoms. The second-order valence-corrected chi connectivity index (χ2v) is 4.17. The molecule has 1 heterocycles. The molecule has 1 aliphatic heterocycles. The largest absolute Gasteiger partial charge is 0.507 e. The van der Waals surface area contributed by atoms with E-state index < -0.39 is 0 Å². The lowest BCUT2D eigenvalue weighted by Crippen LogP contribution is -2.34. The van der Waals surface area contributed by atoms with Crippen LogP contribution in [0.4, 0.5) is 0 Å². The third kappa shape index (κ3) is 1.43. The van der Waals surface area contributed by atoms with Crippen molar-refractivity contribution in [2.45, 2.75) is 12.5 Å². The number of hydrogen-bond donors (Lipinski definition) is 2. The molecule has 3 heteroatoms. The summed E-state index contributed by atoms with van der Waals surface area (Å²) in [6, 6.07) is 6.29. The van der Waals surface area contributed by atoms with E-state index >= 15 is 0 Å². The number of nitrogens with one attached hydrogen (secondary N) is 1. The lowest BCUT2D eigenvalue weighted by atomic mass is 9.98. The summed E-state index contributed by atoms with van der Waals surface area (Å²) < 4.78 is 0.929. The quantitative estimate of drug-likeness (QED) is 0.769. The molecule has 1 aromatic carbocycles. The second kappa shape index (κ2) is 3.22. The van der Waals surface area contributed by atoms with Crippen molar-refractivity contribution >= 4 is 22.6 Å². The molecule has 1 aliphatic rings. The number of aromatic hydroxyl groups is 1. The van der Waals surface area contributed by atoms with Crippen LogP contribution in [0.25, 0.3) is 0 Å². The lowest BCUT2D eigenvalue weighted by Gasteiger charge is -2.28. The second-order valence-electron chi connectivity index (χ2n) is 3.01. The highest BCUT2D eigenvalue weighted by molar-refractivity contribution is 14.1. The number of benzene rings is 1. The highest BCUT2D eigenvalue weighted by atomic mass is 127. The van der Waals surface area contributed by atoms with Gasteiger partial charge in [-0.1, -0.05) is 6.07 Å². The van der Waals surface area contributed by atoms with Crippen molar-refractivity contribution in [2.75, 3.05) is 6.54 Å². The number of phenols is 1. The van der Waals surface area contributed by atoms with Gasteiger partial charge in [-0.2, -0.15) is 0 Å². The standard InChI is InChI=1S/C9H10INO/c10-7-5-6(1-2-9(7)12)8-3-4-11-8/h1-2,5,8,11-12H,3-4H2/t8-/m1/s1. The van der Waals surface area contributed by atoms with E-state index in [0.29, 0.717) is 11.8 Å². The van der Waals surface area contributed by atoms with Gasteiger partial charge in [-0.25, -0.2) is 0 Å². The van der Waals surface area contributed by atoms with Crippen LogP contribution in [-0.4, -0.2) is 11.7 Å². The minimum absolute atomic E-state index is 0.374. The van der Waals surface area contributed by atoms with Gasteiger partial charge in [0.25, 0.3) is 0 Å². The summed E-state index contributed by atoms with van der Waals surface area (Å²) in [6.45, 7) is 1.11. The molecule has 2 nitrogen and oxygen atoms in total. The van der Waals surface area contributed by atoms with Crippen LogP contribution in [-0.2, 0) is 0 Å². The van der Waals surface area contributed by atoms with Gasteiger partial charge in [-0.05, 0) is 53.3 Å². The zero-order valence-electron chi connectivity index (χ0n) is 6.55. The first-order chi connectivity index (χ1) is 5.77. The molecule has 2 N–H and O–H groups in total. The SMILES string of the molecule is Oc1ccc([C@H]2CCN2)cc1I. The lowest BCUT2D eigenvalue weighted by molar-refractivity contribution is 0.382. The molecule has 2 rings (SSSR count). The zero-order valence-corrected chi connectivity index (χ0v) is 8.71. The van der Waals surface area contributed by atoms with Crippen LogP contribution < -0.4 is 5.32 Å². The molecule has 0 spiro atoms. The summed E-state index contributed by atoms with van der Waals surface area (Å²) in [7, 11) is 0. The molecule has 0 aromatic heterocycles. The molecule has 0 radical (unpaired) electrons. The van der Waals surface area contributed by atoms with E-state index in [4.69, 9.17) is 0 Å². The van der Waals surface area contributed by atoms with Crippen molar-refractivity contribution in [1.29, 1.82) is 0 Å². The fraction of sp³-hybridized carbons (Fsp3) is 0.333. The molecule has 0 amide bonds. The summed E-state index contributed by atoms with van der Waals surface area (Å²) >= 11 is 2.15. The topological polar surface area (TPSA) is 32.3 Å². The maximum Gasteiger partial charge on any atom is 0.128 e. The van der Waals surface area contributed by atoms with Gasteiger partial charge in [0, 0.05) is 6.04 Å². The number of rotatable bonds is 1. The smallest absolute Gasteiger partial charge is 0.128 e. The number of hydrogen-bond acceptors (Lipinski definition) is 2. The molecule has 1 atom stereocenters. The Balaban J connectivity index is 2.27. The van der Waals surface area contributed by atoms with Gasteiger partial charge in [0.15, 0.2) is 0 Å². The van der Waals surface area contributed by atoms with Crippen LogP contribution in [0, 0.1) is 3.57 Å². The van der Waals surface area contributed by atoms with Gasteiger partial charge >= 0.3 is 0 Å². The minimum Gasteiger partial charge on any atom is -0.507 e. The van der Waals surface area contributed by atoms with E-state index in [1.807, 2.05) is 12.1 Å². The monoisotopic (exact) mass is 275 g/mol. The Morgan fingerprint density at radius 2 is 2.25 bits per heavy atom. The van der Waals surface area contributed by atoms with Crippen LogP contribution in [0.5, 0.6) is 5.75 Å². The third-order valence-electron chi connectivity index (χ3n) is 2.20. The van der Waals surface area contributed by atoms with Gasteiger partial charge in [-0.3, -0.25) is 0 Å². The first kappa shape index (κ1) is 8.31. The van der Waals surface area contributed by atoms with Crippen LogP contribution in [0.15, 0.2) is 18.2 Å². The van der Waals surface area contributed by atoms with Gasteiger partial charge < -0.3 is 10.4 Å². The Morgan fingerprint density at radius 3 is 2.75 bits per heavy atom. The summed E-state index contributed by atoms with van der Waals surface area (Å²) in [5.74, 6) is 0.374. The maximum absolute atomic E-state index is 9.29. The van der Waals surface area contributed by atoms with Crippen molar-refractivity contribution in [3.8, 4) is 5.75 Å². The van der Waals surface area contributed by atoms with Gasteiger partial charge in [0.2, 0.25) is 0 Å². The molecular weight excluding hydrogens is 265 g/mol. The van der Waals surface area contributed by atoms with E-state index in [-0.39, 0.29) is 0 Å². The van der Waals surface area contributed by atoms with Crippen molar-refractivity contribution in [3.63, 3.8) is 0 Å². The van der Waals surface area contributed by atoms with Crippen LogP contribution in [0.1, 0.15) is 18.0 Å². The van der Waals surface area contributed by atoms with E-state index in [2.05, 4.69) is 27.9 Å². The van der Waals surface area contributed by atoms with E-state index in [1.54, 1.807) is 6.07 Å². The predicted molar refractivity (Wildman–Crippen MR) is 56.2 cm³/mol. The molecule has 0 aliphatic carbocycles. The number of halogens is 1. The molecule has 1 aromatic rings. The zero-order chi connectivity index (χ0) is 8.55. The Morgan fingerprint density at radius 1 is 1.50 bits per heavy atom. The van der Waals surface area contributed by atoms with E-state index in [0.717, 1.165) is 10.1 Å². The number of phenolic OH excluding ortho intramolecular Hbond substituents is 1. The van der Waals surface area contributed by atoms with Crippen molar-refractivity contribution < 1.29 is 5.11 Å². The average Bonchev–Trinajstić information content (AvgIpc) is 1.93. The molecule has 1 fully saturated rings. The summed E-state index contributed by atoms with van der Waals surface area (Å²) in [4.78, 5) is 0. The molecule has 0 unspecified atom stereocenters. The van der Waals surface area contributed by atoms with E-state index in [1.165, 1.54) is 12.0 Å². The molecule has 0 saturated carbocycles. The Kier molecular flexibility index (Phi) is 2.23. The molecular formula is C9H10INO. The predicted octanol–water partition coefficient (Wildman–Crippen LogP) is 2.03. The minimum atomic E-state index is 0.374. The van der Waals surface area contributed by atoms with E-state index in [9.17, 15) is 5.11 Å². The Labute approximate surface area is 85.1 Å². The fourth-order valence-corrected chi connectivity index (χ4v) is 1.85. The Bertz CT molecular complexity index is 297. The highest BCUT2D eigenvalue weighted by Crippen LogP contribution is 2.27. The average molecular weight is 275 g/mol. The van der Waals surface area contributed by atoms with Crippen molar-refractivity contribution in [1.82, 2.24) is 5.32 Å². The molecule has 64 valence electrons. The Hall–Kier alpha value is -0.290. The highest BCUT2D eigenvalue weighted by Gasteiger charge is 2.18. The normalized spacial score (nSPS) is 21.9. The van der Waals surface area contributed by atoms with Gasteiger partial charge in [-0.15, -0.1) is 0 Å². The maximum atomic E-state index is 9.29. The van der Waals surface area contributed by atoms with Gasteiger partial charge in [0.05, 0.1) is 3.57 Å². The van der Waals surface area contributed by atoms with Gasteiger partial charge in [0.1, 0.15) is 5.75 Å². The summed E-state index contributed by atoms with van der Waals surface area (Å²) in [6.07, 6.45) is 1.21. The van der Waals surface area contributed by atoms with Crippen LogP contribution in [0.2, 0.25) is 0 Å². The summed E-state index contributed by atoms with van der Waals surface area (Å²) in [5, 5.41) is 12.6. The van der Waals surface area contributed by atoms with Crippen molar-refractivity contribution in [2.24, 2.45) is 0 Å².